The van der Waals surface area contributed by atoms with Crippen LogP contribution in [0.5, 0.6) is 0 Å². The van der Waals surface area contributed by atoms with E-state index in [1.54, 1.807) is 0 Å². The molecule has 6 heteroatoms. The Labute approximate surface area is 179 Å². The average Bonchev–Trinajstić information content (AvgIpc) is 3.53. The third-order valence-electron chi connectivity index (χ3n) is 6.85. The lowest BCUT2D eigenvalue weighted by atomic mass is 9.77. The van der Waals surface area contributed by atoms with Crippen LogP contribution in [0.15, 0.2) is 72.9 Å². The lowest BCUT2D eigenvalue weighted by Gasteiger charge is -2.23. The fourth-order valence-corrected chi connectivity index (χ4v) is 5.41. The number of para-hydroxylation sites is 2. The summed E-state index contributed by atoms with van der Waals surface area (Å²) in [5, 5.41) is 4.15. The summed E-state index contributed by atoms with van der Waals surface area (Å²) in [4.78, 5) is 31.6. The molecule has 1 aromatic heterocycles. The number of hydrogen-bond acceptors (Lipinski definition) is 3. The number of H-pyrrole nitrogens is 1. The summed E-state index contributed by atoms with van der Waals surface area (Å²) < 4.78 is 6.22. The van der Waals surface area contributed by atoms with Crippen molar-refractivity contribution in [3.05, 3.63) is 78.5 Å². The molecule has 0 saturated carbocycles. The molecule has 3 aliphatic heterocycles. The number of benzene rings is 2. The number of carbonyl (C=O) groups is 2. The van der Waals surface area contributed by atoms with Gasteiger partial charge in [-0.05, 0) is 30.2 Å². The van der Waals surface area contributed by atoms with E-state index in [1.807, 2.05) is 65.7 Å². The molecule has 6 rings (SSSR count). The Morgan fingerprint density at radius 2 is 1.97 bits per heavy atom. The van der Waals surface area contributed by atoms with Crippen LogP contribution in [0.4, 0.5) is 5.69 Å². The summed E-state index contributed by atoms with van der Waals surface area (Å²) in [6, 6.07) is 17.5. The second-order valence-corrected chi connectivity index (χ2v) is 8.62. The van der Waals surface area contributed by atoms with E-state index in [9.17, 15) is 9.59 Å². The normalized spacial score (nSPS) is 28.5. The molecule has 156 valence electrons. The van der Waals surface area contributed by atoms with Gasteiger partial charge in [0.1, 0.15) is 5.60 Å². The van der Waals surface area contributed by atoms with Crippen molar-refractivity contribution < 1.29 is 14.3 Å². The first-order chi connectivity index (χ1) is 15.1. The largest absolute Gasteiger partial charge is 0.361 e. The zero-order valence-electron chi connectivity index (χ0n) is 17.0. The number of nitrogens with zero attached hydrogens (tertiary/aromatic N) is 1. The van der Waals surface area contributed by atoms with Crippen molar-refractivity contribution in [3.8, 4) is 0 Å². The molecule has 3 aliphatic rings. The number of aromatic nitrogens is 1. The molecular formula is C25H23N3O3. The van der Waals surface area contributed by atoms with Crippen LogP contribution in [0, 0.1) is 11.8 Å². The van der Waals surface area contributed by atoms with Gasteiger partial charge in [0.05, 0.1) is 24.5 Å². The molecule has 3 unspecified atom stereocenters. The fourth-order valence-electron chi connectivity index (χ4n) is 5.41. The van der Waals surface area contributed by atoms with E-state index in [4.69, 9.17) is 4.74 Å². The summed E-state index contributed by atoms with van der Waals surface area (Å²) in [7, 11) is 0. The van der Waals surface area contributed by atoms with Crippen LogP contribution in [0.2, 0.25) is 0 Å². The van der Waals surface area contributed by atoms with E-state index >= 15 is 0 Å². The van der Waals surface area contributed by atoms with Crippen LogP contribution in [-0.2, 0) is 20.7 Å². The van der Waals surface area contributed by atoms with Crippen molar-refractivity contribution >= 4 is 28.4 Å². The Kier molecular flexibility index (Phi) is 4.05. The van der Waals surface area contributed by atoms with Gasteiger partial charge >= 0.3 is 0 Å². The Morgan fingerprint density at radius 1 is 1.16 bits per heavy atom. The van der Waals surface area contributed by atoms with Crippen molar-refractivity contribution in [2.45, 2.75) is 18.1 Å². The van der Waals surface area contributed by atoms with Gasteiger partial charge in [-0.1, -0.05) is 48.6 Å². The monoisotopic (exact) mass is 413 g/mol. The van der Waals surface area contributed by atoms with Gasteiger partial charge in [0.25, 0.3) is 0 Å². The van der Waals surface area contributed by atoms with Crippen molar-refractivity contribution in [1.82, 2.24) is 9.88 Å². The van der Waals surface area contributed by atoms with Crippen LogP contribution in [0.1, 0.15) is 5.56 Å². The number of rotatable bonds is 5. The van der Waals surface area contributed by atoms with Crippen molar-refractivity contribution in [2.75, 3.05) is 18.4 Å². The molecule has 1 spiro atoms. The fraction of sp³-hybridized carbons (Fsp3) is 0.280. The number of likely N-dealkylation sites (tertiary alicyclic amines) is 1. The number of fused-ring (bicyclic) bond motifs is 2. The van der Waals surface area contributed by atoms with Crippen molar-refractivity contribution in [3.63, 3.8) is 0 Å². The van der Waals surface area contributed by atoms with Crippen LogP contribution < -0.4 is 5.32 Å². The lowest BCUT2D eigenvalue weighted by molar-refractivity contribution is -0.135. The third-order valence-corrected chi connectivity index (χ3v) is 6.85. The lowest BCUT2D eigenvalue weighted by Crippen LogP contribution is -2.41. The standard InChI is InChI=1S/C25H23N3O3/c29-23(27-17-6-2-1-3-7-17)21-20-10-12-25(31-20)15-28(24(30)22(21)25)13-11-16-14-26-19-9-5-4-8-18(16)19/h1-10,12,14,20-22,26H,11,13,15H2,(H,27,29)/t20-,21?,22?,25?/m1/s1. The average molecular weight is 413 g/mol. The van der Waals surface area contributed by atoms with Gasteiger partial charge in [-0.3, -0.25) is 9.59 Å². The summed E-state index contributed by atoms with van der Waals surface area (Å²) >= 11 is 0. The van der Waals surface area contributed by atoms with Crippen molar-refractivity contribution in [2.24, 2.45) is 11.8 Å². The van der Waals surface area contributed by atoms with Gasteiger partial charge in [-0.25, -0.2) is 0 Å². The topological polar surface area (TPSA) is 74.4 Å². The minimum absolute atomic E-state index is 0.0138. The van der Waals surface area contributed by atoms with E-state index in [-0.39, 0.29) is 17.9 Å². The third kappa shape index (κ3) is 2.82. The van der Waals surface area contributed by atoms with Crippen LogP contribution in [-0.4, -0.2) is 46.5 Å². The maximum Gasteiger partial charge on any atom is 0.231 e. The smallest absolute Gasteiger partial charge is 0.231 e. The second kappa shape index (κ2) is 6.82. The molecule has 4 heterocycles. The van der Waals surface area contributed by atoms with E-state index < -0.39 is 17.4 Å². The zero-order valence-corrected chi connectivity index (χ0v) is 17.0. The molecule has 0 radical (unpaired) electrons. The first-order valence-electron chi connectivity index (χ1n) is 10.7. The van der Waals surface area contributed by atoms with Crippen molar-refractivity contribution in [1.29, 1.82) is 0 Å². The van der Waals surface area contributed by atoms with Gasteiger partial charge in [0, 0.05) is 29.3 Å². The number of aromatic amines is 1. The van der Waals surface area contributed by atoms with Gasteiger partial charge < -0.3 is 19.9 Å². The summed E-state index contributed by atoms with van der Waals surface area (Å²) in [5.41, 5.74) is 2.34. The molecule has 3 aromatic rings. The summed E-state index contributed by atoms with van der Waals surface area (Å²) in [5.74, 6) is -1.11. The molecule has 2 N–H and O–H groups in total. The van der Waals surface area contributed by atoms with Crippen LogP contribution in [0.3, 0.4) is 0 Å². The number of hydrogen-bond donors (Lipinski definition) is 2. The highest BCUT2D eigenvalue weighted by molar-refractivity contribution is 5.99. The maximum absolute atomic E-state index is 13.4. The SMILES string of the molecule is O=C(Nc1ccccc1)C1C2C(=O)N(CCc3c[nH]c4ccccc34)CC23C=C[C@H]1O3. The molecule has 2 bridgehead atoms. The maximum atomic E-state index is 13.4. The van der Waals surface area contributed by atoms with E-state index in [1.165, 1.54) is 10.9 Å². The number of ether oxygens (including phenoxy) is 1. The van der Waals surface area contributed by atoms with Gasteiger partial charge in [-0.2, -0.15) is 0 Å². The molecule has 0 aliphatic carbocycles. The predicted molar refractivity (Wildman–Crippen MR) is 117 cm³/mol. The number of nitrogens with one attached hydrogen (secondary N) is 2. The molecule has 2 saturated heterocycles. The van der Waals surface area contributed by atoms with E-state index in [0.29, 0.717) is 13.1 Å². The number of carbonyl (C=O) groups excluding carboxylic acids is 2. The minimum atomic E-state index is -0.680. The highest BCUT2D eigenvalue weighted by Crippen LogP contribution is 2.52. The number of amides is 2. The molecular weight excluding hydrogens is 390 g/mol. The Morgan fingerprint density at radius 3 is 2.84 bits per heavy atom. The van der Waals surface area contributed by atoms with Gasteiger partial charge in [0.2, 0.25) is 11.8 Å². The van der Waals surface area contributed by atoms with Crippen LogP contribution >= 0.6 is 0 Å². The summed E-state index contributed by atoms with van der Waals surface area (Å²) in [6.45, 7) is 1.11. The van der Waals surface area contributed by atoms with Crippen LogP contribution in [0.25, 0.3) is 10.9 Å². The minimum Gasteiger partial charge on any atom is -0.361 e. The summed E-state index contributed by atoms with van der Waals surface area (Å²) in [6.07, 6.45) is 6.38. The molecule has 2 aromatic carbocycles. The molecule has 2 fully saturated rings. The highest BCUT2D eigenvalue weighted by Gasteiger charge is 2.66. The van der Waals surface area contributed by atoms with Gasteiger partial charge in [-0.15, -0.1) is 0 Å². The Hall–Kier alpha value is -3.38. The molecule has 2 amide bonds. The van der Waals surface area contributed by atoms with E-state index in [0.717, 1.165) is 17.6 Å². The first-order valence-corrected chi connectivity index (χ1v) is 10.7. The van der Waals surface area contributed by atoms with Gasteiger partial charge in [0.15, 0.2) is 0 Å². The first kappa shape index (κ1) is 18.4. The van der Waals surface area contributed by atoms with E-state index in [2.05, 4.69) is 22.4 Å². The molecule has 31 heavy (non-hydrogen) atoms. The Bertz CT molecular complexity index is 1200. The molecule has 6 nitrogen and oxygen atoms in total. The quantitative estimate of drug-likeness (QED) is 0.631. The molecule has 4 atom stereocenters. The highest BCUT2D eigenvalue weighted by atomic mass is 16.5. The Balaban J connectivity index is 1.21. The second-order valence-electron chi connectivity index (χ2n) is 8.62. The predicted octanol–water partition coefficient (Wildman–Crippen LogP) is 3.13. The number of anilines is 1. The zero-order chi connectivity index (χ0) is 21.0.